The maximum absolute atomic E-state index is 12.2. The van der Waals surface area contributed by atoms with Crippen molar-refractivity contribution in [2.24, 2.45) is 0 Å². The van der Waals surface area contributed by atoms with Crippen molar-refractivity contribution in [2.45, 2.75) is 36.6 Å². The van der Waals surface area contributed by atoms with Crippen LogP contribution in [0.25, 0.3) is 0 Å². The first kappa shape index (κ1) is 12.3. The molecular formula is C10H15N3O3S. The third-order valence-corrected chi connectivity index (χ3v) is 5.05. The SMILES string of the molecule is CN(C1CCC(=O)CC1)S(=O)(=O)c1cn[nH]c1. The highest BCUT2D eigenvalue weighted by atomic mass is 32.2. The van der Waals surface area contributed by atoms with Gasteiger partial charge in [0.2, 0.25) is 10.0 Å². The van der Waals surface area contributed by atoms with Crippen LogP contribution in [0.3, 0.4) is 0 Å². The summed E-state index contributed by atoms with van der Waals surface area (Å²) in [6.45, 7) is 0. The highest BCUT2D eigenvalue weighted by Gasteiger charge is 2.31. The number of nitrogens with one attached hydrogen (secondary N) is 1. The molecule has 94 valence electrons. The minimum absolute atomic E-state index is 0.0902. The molecule has 6 nitrogen and oxygen atoms in total. The molecule has 1 aromatic rings. The second-order valence-electron chi connectivity index (χ2n) is 4.23. The van der Waals surface area contributed by atoms with Crippen LogP contribution in [0.5, 0.6) is 0 Å². The molecule has 0 aromatic carbocycles. The molecule has 1 aliphatic rings. The van der Waals surface area contributed by atoms with Gasteiger partial charge < -0.3 is 0 Å². The standard InChI is InChI=1S/C10H15N3O3S/c1-13(8-2-4-9(14)5-3-8)17(15,16)10-6-11-12-7-10/h6-8H,2-5H2,1H3,(H,11,12). The molecule has 1 N–H and O–H groups in total. The molecular weight excluding hydrogens is 242 g/mol. The van der Waals surface area contributed by atoms with Crippen LogP contribution in [-0.4, -0.2) is 41.8 Å². The van der Waals surface area contributed by atoms with Gasteiger partial charge in [-0.05, 0) is 12.8 Å². The molecule has 0 atom stereocenters. The highest BCUT2D eigenvalue weighted by molar-refractivity contribution is 7.89. The summed E-state index contributed by atoms with van der Waals surface area (Å²) >= 11 is 0. The smallest absolute Gasteiger partial charge is 0.246 e. The van der Waals surface area contributed by atoms with Gasteiger partial charge in [0.1, 0.15) is 10.7 Å². The van der Waals surface area contributed by atoms with E-state index in [9.17, 15) is 13.2 Å². The first-order chi connectivity index (χ1) is 8.01. The van der Waals surface area contributed by atoms with E-state index in [1.54, 1.807) is 7.05 Å². The monoisotopic (exact) mass is 257 g/mol. The van der Waals surface area contributed by atoms with Gasteiger partial charge >= 0.3 is 0 Å². The molecule has 1 saturated carbocycles. The third-order valence-electron chi connectivity index (χ3n) is 3.18. The minimum atomic E-state index is -3.48. The maximum Gasteiger partial charge on any atom is 0.246 e. The Morgan fingerprint density at radius 1 is 1.41 bits per heavy atom. The largest absolute Gasteiger partial charge is 0.300 e. The summed E-state index contributed by atoms with van der Waals surface area (Å²) in [6, 6.07) is -0.0902. The minimum Gasteiger partial charge on any atom is -0.300 e. The van der Waals surface area contributed by atoms with Crippen LogP contribution in [0.15, 0.2) is 17.3 Å². The van der Waals surface area contributed by atoms with Crippen molar-refractivity contribution in [3.8, 4) is 0 Å². The molecule has 1 heterocycles. The van der Waals surface area contributed by atoms with Crippen molar-refractivity contribution < 1.29 is 13.2 Å². The molecule has 0 radical (unpaired) electrons. The van der Waals surface area contributed by atoms with E-state index in [0.717, 1.165) is 0 Å². The molecule has 7 heteroatoms. The van der Waals surface area contributed by atoms with Crippen molar-refractivity contribution in [1.29, 1.82) is 0 Å². The topological polar surface area (TPSA) is 83.1 Å². The number of hydrogen-bond donors (Lipinski definition) is 1. The molecule has 0 spiro atoms. The zero-order valence-electron chi connectivity index (χ0n) is 9.59. The van der Waals surface area contributed by atoms with Gasteiger partial charge in [0.05, 0.1) is 6.20 Å². The molecule has 1 fully saturated rings. The van der Waals surface area contributed by atoms with E-state index in [0.29, 0.717) is 25.7 Å². The van der Waals surface area contributed by atoms with Crippen molar-refractivity contribution in [3.63, 3.8) is 0 Å². The summed E-state index contributed by atoms with van der Waals surface area (Å²) in [5, 5.41) is 6.13. The number of carbonyl (C=O) groups excluding carboxylic acids is 1. The van der Waals surface area contributed by atoms with E-state index < -0.39 is 10.0 Å². The average Bonchev–Trinajstić information content (AvgIpc) is 2.83. The number of nitrogens with zero attached hydrogens (tertiary/aromatic N) is 2. The van der Waals surface area contributed by atoms with E-state index in [4.69, 9.17) is 0 Å². The predicted octanol–water partition coefficient (Wildman–Crippen LogP) is 0.542. The second kappa shape index (κ2) is 4.58. The Bertz CT molecular complexity index is 485. The van der Waals surface area contributed by atoms with E-state index in [2.05, 4.69) is 10.2 Å². The van der Waals surface area contributed by atoms with Crippen molar-refractivity contribution in [3.05, 3.63) is 12.4 Å². The quantitative estimate of drug-likeness (QED) is 0.856. The van der Waals surface area contributed by atoms with Gasteiger partial charge in [-0.15, -0.1) is 0 Å². The fourth-order valence-electron chi connectivity index (χ4n) is 2.03. The lowest BCUT2D eigenvalue weighted by Crippen LogP contribution is -2.39. The maximum atomic E-state index is 12.2. The number of hydrogen-bond acceptors (Lipinski definition) is 4. The van der Waals surface area contributed by atoms with Crippen LogP contribution in [0, 0.1) is 0 Å². The summed E-state index contributed by atoms with van der Waals surface area (Å²) in [7, 11) is -1.93. The molecule has 0 unspecified atom stereocenters. The first-order valence-corrected chi connectivity index (χ1v) is 6.94. The number of aromatic nitrogens is 2. The lowest BCUT2D eigenvalue weighted by atomic mass is 9.95. The number of Topliss-reactive ketones (excluding diaryl/α,β-unsaturated/α-hetero) is 1. The van der Waals surface area contributed by atoms with Gasteiger partial charge in [0.15, 0.2) is 0 Å². The molecule has 0 amide bonds. The summed E-state index contributed by atoms with van der Waals surface area (Å²) < 4.78 is 25.7. The summed E-state index contributed by atoms with van der Waals surface area (Å²) in [4.78, 5) is 11.3. The van der Waals surface area contributed by atoms with Gasteiger partial charge in [-0.25, -0.2) is 8.42 Å². The van der Waals surface area contributed by atoms with Crippen molar-refractivity contribution in [2.75, 3.05) is 7.05 Å². The van der Waals surface area contributed by atoms with Gasteiger partial charge in [0, 0.05) is 32.1 Å². The fourth-order valence-corrected chi connectivity index (χ4v) is 3.35. The summed E-state index contributed by atoms with van der Waals surface area (Å²) in [5.41, 5.74) is 0. The van der Waals surface area contributed by atoms with Crippen molar-refractivity contribution in [1.82, 2.24) is 14.5 Å². The van der Waals surface area contributed by atoms with Crippen LogP contribution in [0.1, 0.15) is 25.7 Å². The Labute approximate surface area is 100 Å². The lowest BCUT2D eigenvalue weighted by Gasteiger charge is -2.29. The Balaban J connectivity index is 2.15. The molecule has 17 heavy (non-hydrogen) atoms. The van der Waals surface area contributed by atoms with Gasteiger partial charge in [0.25, 0.3) is 0 Å². The third kappa shape index (κ3) is 2.39. The Morgan fingerprint density at radius 2 is 2.06 bits per heavy atom. The normalized spacial score (nSPS) is 18.8. The number of carbonyl (C=O) groups is 1. The second-order valence-corrected chi connectivity index (χ2v) is 6.22. The zero-order valence-corrected chi connectivity index (χ0v) is 10.4. The van der Waals surface area contributed by atoms with E-state index in [1.807, 2.05) is 0 Å². The summed E-state index contributed by atoms with van der Waals surface area (Å²) in [5.74, 6) is 0.218. The van der Waals surface area contributed by atoms with Gasteiger partial charge in [-0.2, -0.15) is 9.40 Å². The van der Waals surface area contributed by atoms with Crippen LogP contribution >= 0.6 is 0 Å². The van der Waals surface area contributed by atoms with Crippen LogP contribution < -0.4 is 0 Å². The van der Waals surface area contributed by atoms with Crippen LogP contribution in [-0.2, 0) is 14.8 Å². The van der Waals surface area contributed by atoms with E-state index >= 15 is 0 Å². The zero-order chi connectivity index (χ0) is 12.5. The molecule has 1 aliphatic carbocycles. The lowest BCUT2D eigenvalue weighted by molar-refractivity contribution is -0.120. The van der Waals surface area contributed by atoms with Crippen LogP contribution in [0.4, 0.5) is 0 Å². The average molecular weight is 257 g/mol. The van der Waals surface area contributed by atoms with E-state index in [1.165, 1.54) is 16.7 Å². The molecule has 2 rings (SSSR count). The Morgan fingerprint density at radius 3 is 2.59 bits per heavy atom. The number of aromatic amines is 1. The Kier molecular flexibility index (Phi) is 3.30. The van der Waals surface area contributed by atoms with Crippen LogP contribution in [0.2, 0.25) is 0 Å². The predicted molar refractivity (Wildman–Crippen MR) is 60.8 cm³/mol. The number of H-pyrrole nitrogens is 1. The number of rotatable bonds is 3. The Hall–Kier alpha value is -1.21. The fraction of sp³-hybridized carbons (Fsp3) is 0.600. The highest BCUT2D eigenvalue weighted by Crippen LogP contribution is 2.24. The first-order valence-electron chi connectivity index (χ1n) is 5.50. The van der Waals surface area contributed by atoms with Gasteiger partial charge in [-0.3, -0.25) is 9.89 Å². The molecule has 0 bridgehead atoms. The molecule has 1 aromatic heterocycles. The molecule has 0 aliphatic heterocycles. The number of ketones is 1. The van der Waals surface area contributed by atoms with E-state index in [-0.39, 0.29) is 16.7 Å². The summed E-state index contributed by atoms with van der Waals surface area (Å²) in [6.07, 6.45) is 4.80. The number of sulfonamides is 1. The molecule has 0 saturated heterocycles. The van der Waals surface area contributed by atoms with Gasteiger partial charge in [-0.1, -0.05) is 0 Å². The van der Waals surface area contributed by atoms with Crippen molar-refractivity contribution >= 4 is 15.8 Å².